The first-order valence-corrected chi connectivity index (χ1v) is 22.5. The Kier molecular flexibility index (Phi) is 15.6. The molecular weight excluding hydrogens is 827 g/mol. The van der Waals surface area contributed by atoms with E-state index in [1.54, 1.807) is 36.4 Å². The summed E-state index contributed by atoms with van der Waals surface area (Å²) in [6, 6.07) is 24.1. The Morgan fingerprint density at radius 1 is 0.825 bits per heavy atom. The second-order valence-electron chi connectivity index (χ2n) is 15.1. The van der Waals surface area contributed by atoms with Crippen LogP contribution in [0.2, 0.25) is 0 Å². The molecule has 15 nitrogen and oxygen atoms in total. The van der Waals surface area contributed by atoms with E-state index in [2.05, 4.69) is 52.7 Å². The molecule has 1 aliphatic heterocycles. The van der Waals surface area contributed by atoms with Crippen LogP contribution in [0, 0.1) is 0 Å². The van der Waals surface area contributed by atoms with Gasteiger partial charge in [0.15, 0.2) is 5.71 Å². The topological polar surface area (TPSA) is 217 Å². The Morgan fingerprint density at radius 2 is 1.52 bits per heavy atom. The number of fused-ring (bicyclic) bond motifs is 1. The van der Waals surface area contributed by atoms with Crippen molar-refractivity contribution in [2.24, 2.45) is 15.3 Å². The Bertz CT molecular complexity index is 2600. The van der Waals surface area contributed by atoms with E-state index in [9.17, 15) is 37.6 Å². The van der Waals surface area contributed by atoms with Crippen molar-refractivity contribution in [1.82, 2.24) is 5.32 Å². The summed E-state index contributed by atoms with van der Waals surface area (Å²) < 4.78 is 44.5. The van der Waals surface area contributed by atoms with E-state index in [0.717, 1.165) is 55.0 Å². The summed E-state index contributed by atoms with van der Waals surface area (Å²) in [5, 5.41) is 37.4. The van der Waals surface area contributed by atoms with Crippen LogP contribution in [0.5, 0.6) is 23.0 Å². The summed E-state index contributed by atoms with van der Waals surface area (Å²) in [7, 11) is -4.49. The zero-order valence-electron chi connectivity index (χ0n) is 35.2. The number of nitrogens with one attached hydrogen (secondary N) is 1. The highest BCUT2D eigenvalue weighted by atomic mass is 32.2. The number of hydrogen-bond acceptors (Lipinski definition) is 11. The fourth-order valence-corrected chi connectivity index (χ4v) is 7.52. The molecule has 1 heterocycles. The molecule has 0 saturated heterocycles. The fraction of sp³-hybridized carbons (Fsp3) is 0.319. The van der Waals surface area contributed by atoms with Crippen LogP contribution in [0.15, 0.2) is 117 Å². The molecule has 0 bridgehead atoms. The quantitative estimate of drug-likeness (QED) is 0.0293. The number of carboxylic acid groups (broad SMARTS) is 1. The van der Waals surface area contributed by atoms with Crippen LogP contribution in [0.4, 0.5) is 11.4 Å². The van der Waals surface area contributed by atoms with Crippen LogP contribution in [0.1, 0.15) is 86.7 Å². The second kappa shape index (κ2) is 21.4. The summed E-state index contributed by atoms with van der Waals surface area (Å²) in [6.07, 6.45) is 10.5. The molecule has 2 amide bonds. The van der Waals surface area contributed by atoms with Gasteiger partial charge < -0.3 is 25.0 Å². The number of ether oxygens (including phenoxy) is 2. The number of hydrazone groups is 1. The average Bonchev–Trinajstić information content (AvgIpc) is 3.61. The number of aromatic hydroxyl groups is 1. The zero-order valence-corrected chi connectivity index (χ0v) is 36.0. The van der Waals surface area contributed by atoms with Crippen LogP contribution < -0.4 is 19.8 Å². The zero-order chi connectivity index (χ0) is 44.9. The molecule has 6 rings (SSSR count). The van der Waals surface area contributed by atoms with Crippen LogP contribution in [-0.4, -0.2) is 65.9 Å². The number of nitrogens with zero attached hydrogens (tertiary/aromatic N) is 4. The molecule has 0 saturated carbocycles. The van der Waals surface area contributed by atoms with E-state index in [1.165, 1.54) is 67.1 Å². The van der Waals surface area contributed by atoms with E-state index in [-0.39, 0.29) is 22.7 Å². The first-order valence-electron chi connectivity index (χ1n) is 21.1. The molecule has 5 aromatic carbocycles. The standard InChI is InChI=1S/C47H51N5O10S/c1-3-5-7-13-31-17-26-40(32(29-31)14-8-6-4-2)61-28-12-11-27-48-45(54)39-30-41(37-15-9-10-16-38(37)44(39)53)62-35-22-18-33(19-23-35)49-50-42-43(47(56)57)51-52(46(42)55)34-20-24-36(25-21-34)63(58,59)60/h9-10,15-26,29-30,42,53H,3-8,11-14,27-28H2,1-2H3,(H,48,54)(H,56,57)(H,58,59,60). The number of amides is 2. The first kappa shape index (κ1) is 45.9. The predicted octanol–water partition coefficient (Wildman–Crippen LogP) is 9.58. The number of unbranched alkanes of at least 4 members (excludes halogenated alkanes) is 5. The normalized spacial score (nSPS) is 14.0. The van der Waals surface area contributed by atoms with Gasteiger partial charge in [0.2, 0.25) is 6.04 Å². The SMILES string of the molecule is CCCCCc1ccc(OCCCCNC(=O)c2cc(Oc3ccc(N=NC4C(=O)N(c5ccc(S(=O)(=O)O)cc5)N=C4C(=O)O)cc3)c3ccccc3c2O)c(CCCCC)c1. The molecule has 5 aromatic rings. The second-order valence-corrected chi connectivity index (χ2v) is 16.5. The number of benzene rings is 5. The summed E-state index contributed by atoms with van der Waals surface area (Å²) in [4.78, 5) is 38.2. The van der Waals surface area contributed by atoms with Gasteiger partial charge in [-0.25, -0.2) is 4.79 Å². The summed E-state index contributed by atoms with van der Waals surface area (Å²) in [6.45, 7) is 5.30. The lowest BCUT2D eigenvalue weighted by molar-refractivity contribution is -0.130. The van der Waals surface area contributed by atoms with Crippen LogP contribution >= 0.6 is 0 Å². The van der Waals surface area contributed by atoms with Gasteiger partial charge in [-0.3, -0.25) is 14.1 Å². The molecule has 16 heteroatoms. The number of rotatable bonds is 22. The minimum absolute atomic E-state index is 0.0432. The maximum absolute atomic E-state index is 13.4. The summed E-state index contributed by atoms with van der Waals surface area (Å²) in [5.41, 5.74) is 2.35. The highest BCUT2D eigenvalue weighted by Crippen LogP contribution is 2.38. The minimum Gasteiger partial charge on any atom is -0.506 e. The van der Waals surface area contributed by atoms with Gasteiger partial charge in [-0.05, 0) is 110 Å². The Morgan fingerprint density at radius 3 is 2.21 bits per heavy atom. The van der Waals surface area contributed by atoms with E-state index in [1.807, 2.05) is 0 Å². The van der Waals surface area contributed by atoms with Crippen molar-refractivity contribution in [2.75, 3.05) is 18.2 Å². The van der Waals surface area contributed by atoms with Crippen molar-refractivity contribution < 1.29 is 47.0 Å². The van der Waals surface area contributed by atoms with E-state index >= 15 is 0 Å². The molecular formula is C47H51N5O10S. The lowest BCUT2D eigenvalue weighted by Gasteiger charge is -2.15. The summed E-state index contributed by atoms with van der Waals surface area (Å²) in [5.74, 6) is -1.41. The molecule has 330 valence electrons. The number of hydrogen-bond donors (Lipinski definition) is 4. The third kappa shape index (κ3) is 11.8. The number of anilines is 1. The molecule has 4 N–H and O–H groups in total. The molecule has 1 aliphatic rings. The Labute approximate surface area is 366 Å². The predicted molar refractivity (Wildman–Crippen MR) is 239 cm³/mol. The fourth-order valence-electron chi connectivity index (χ4n) is 7.04. The highest BCUT2D eigenvalue weighted by molar-refractivity contribution is 7.85. The van der Waals surface area contributed by atoms with Crippen molar-refractivity contribution in [2.45, 2.75) is 89.0 Å². The van der Waals surface area contributed by atoms with Gasteiger partial charge in [0.25, 0.3) is 21.9 Å². The van der Waals surface area contributed by atoms with Gasteiger partial charge >= 0.3 is 5.97 Å². The van der Waals surface area contributed by atoms with E-state index < -0.39 is 44.6 Å². The first-order chi connectivity index (χ1) is 30.4. The van der Waals surface area contributed by atoms with Gasteiger partial charge in [0.05, 0.1) is 28.4 Å². The van der Waals surface area contributed by atoms with Crippen LogP contribution in [-0.2, 0) is 32.5 Å². The molecule has 0 aromatic heterocycles. The highest BCUT2D eigenvalue weighted by Gasteiger charge is 2.41. The maximum Gasteiger partial charge on any atom is 0.355 e. The smallest absolute Gasteiger partial charge is 0.355 e. The Hall–Kier alpha value is -6.65. The number of aryl methyl sites for hydroxylation is 2. The van der Waals surface area contributed by atoms with Gasteiger partial charge in [-0.2, -0.15) is 28.8 Å². The van der Waals surface area contributed by atoms with Crippen molar-refractivity contribution in [3.8, 4) is 23.0 Å². The lowest BCUT2D eigenvalue weighted by Crippen LogP contribution is -2.33. The van der Waals surface area contributed by atoms with Crippen molar-refractivity contribution in [3.63, 3.8) is 0 Å². The number of carboxylic acids is 1. The Balaban J connectivity index is 1.06. The number of carbonyl (C=O) groups excluding carboxylic acids is 2. The molecule has 0 fully saturated rings. The van der Waals surface area contributed by atoms with Gasteiger partial charge in [0, 0.05) is 17.3 Å². The number of phenols is 1. The number of azo groups is 1. The molecule has 1 atom stereocenters. The van der Waals surface area contributed by atoms with Crippen molar-refractivity contribution in [1.29, 1.82) is 0 Å². The van der Waals surface area contributed by atoms with Gasteiger partial charge in [0.1, 0.15) is 23.0 Å². The molecule has 0 radical (unpaired) electrons. The molecule has 63 heavy (non-hydrogen) atoms. The van der Waals surface area contributed by atoms with Crippen molar-refractivity contribution >= 4 is 55.8 Å². The molecule has 0 aliphatic carbocycles. The van der Waals surface area contributed by atoms with Gasteiger partial charge in [-0.15, -0.1) is 0 Å². The maximum atomic E-state index is 13.4. The third-order valence-electron chi connectivity index (χ3n) is 10.4. The number of phenolic OH excluding ortho intramolecular Hbond substituents is 1. The third-order valence-corrected chi connectivity index (χ3v) is 11.3. The lowest BCUT2D eigenvalue weighted by atomic mass is 10.00. The molecule has 1 unspecified atom stereocenters. The van der Waals surface area contributed by atoms with Crippen LogP contribution in [0.3, 0.4) is 0 Å². The average molecular weight is 878 g/mol. The monoisotopic (exact) mass is 877 g/mol. The summed E-state index contributed by atoms with van der Waals surface area (Å²) >= 11 is 0. The van der Waals surface area contributed by atoms with Gasteiger partial charge in [-0.1, -0.05) is 75.9 Å². The van der Waals surface area contributed by atoms with Crippen molar-refractivity contribution in [3.05, 3.63) is 114 Å². The number of aliphatic carboxylic acids is 1. The van der Waals surface area contributed by atoms with Crippen LogP contribution in [0.25, 0.3) is 10.8 Å². The van der Waals surface area contributed by atoms with E-state index in [4.69, 9.17) is 9.47 Å². The molecule has 0 spiro atoms. The van der Waals surface area contributed by atoms with E-state index in [0.29, 0.717) is 41.8 Å². The minimum atomic E-state index is -4.49. The largest absolute Gasteiger partial charge is 0.506 e. The number of carbonyl (C=O) groups is 3.